The second-order valence-electron chi connectivity index (χ2n) is 10.2. The van der Waals surface area contributed by atoms with Gasteiger partial charge in [-0.25, -0.2) is 15.0 Å². The molecule has 202 valence electrons. The van der Waals surface area contributed by atoms with Gasteiger partial charge in [-0.3, -0.25) is 4.90 Å². The highest BCUT2D eigenvalue weighted by atomic mass is 16.5. The third-order valence-corrected chi connectivity index (χ3v) is 7.27. The van der Waals surface area contributed by atoms with Crippen LogP contribution in [0, 0.1) is 0 Å². The summed E-state index contributed by atoms with van der Waals surface area (Å²) in [6, 6.07) is 23.7. The van der Waals surface area contributed by atoms with Gasteiger partial charge in [0.2, 0.25) is 0 Å². The predicted octanol–water partition coefficient (Wildman–Crippen LogP) is 7.52. The summed E-state index contributed by atoms with van der Waals surface area (Å²) >= 11 is 0. The number of aromatic nitrogens is 3. The van der Waals surface area contributed by atoms with Crippen LogP contribution in [0.2, 0.25) is 0 Å². The lowest BCUT2D eigenvalue weighted by Gasteiger charge is -2.28. The Morgan fingerprint density at radius 3 is 1.95 bits per heavy atom. The summed E-state index contributed by atoms with van der Waals surface area (Å²) in [5, 5.41) is 11.7. The fourth-order valence-corrected chi connectivity index (χ4v) is 5.07. The number of ether oxygens (including phenoxy) is 1. The number of piperidine rings is 1. The monoisotopic (exact) mass is 522 g/mol. The number of aromatic hydroxyl groups is 1. The minimum atomic E-state index is 0.191. The van der Waals surface area contributed by atoms with Gasteiger partial charge in [0.1, 0.15) is 11.5 Å². The molecule has 0 spiro atoms. The fourth-order valence-electron chi connectivity index (χ4n) is 5.07. The maximum absolute atomic E-state index is 11.7. The van der Waals surface area contributed by atoms with Crippen LogP contribution < -0.4 is 4.74 Å². The third kappa shape index (κ3) is 6.82. The van der Waals surface area contributed by atoms with Gasteiger partial charge in [-0.2, -0.15) is 0 Å². The van der Waals surface area contributed by atoms with Crippen LogP contribution >= 0.6 is 0 Å². The number of hydrogen-bond acceptors (Lipinski definition) is 6. The molecule has 1 N–H and O–H groups in total. The minimum absolute atomic E-state index is 0.191. The van der Waals surface area contributed by atoms with E-state index in [0.29, 0.717) is 36.2 Å². The molecule has 5 rings (SSSR count). The highest BCUT2D eigenvalue weighted by Gasteiger charge is 2.22. The second-order valence-corrected chi connectivity index (χ2v) is 10.2. The highest BCUT2D eigenvalue weighted by Crippen LogP contribution is 2.38. The molecule has 6 nitrogen and oxygen atoms in total. The Hall–Kier alpha value is -3.77. The Bertz CT molecular complexity index is 1280. The van der Waals surface area contributed by atoms with E-state index in [2.05, 4.69) is 11.8 Å². The number of unbranched alkanes of at least 4 members (excludes halogenated alkanes) is 3. The van der Waals surface area contributed by atoms with E-state index in [1.54, 1.807) is 0 Å². The van der Waals surface area contributed by atoms with Gasteiger partial charge >= 0.3 is 0 Å². The third-order valence-electron chi connectivity index (χ3n) is 7.27. The number of benzene rings is 3. The first-order chi connectivity index (χ1) is 19.2. The molecular weight excluding hydrogens is 484 g/mol. The number of nitrogens with zero attached hydrogens (tertiary/aromatic N) is 4. The van der Waals surface area contributed by atoms with E-state index < -0.39 is 0 Å². The lowest BCUT2D eigenvalue weighted by molar-refractivity contribution is 0.212. The van der Waals surface area contributed by atoms with Crippen molar-refractivity contribution >= 4 is 0 Å². The number of rotatable bonds is 11. The Morgan fingerprint density at radius 1 is 0.718 bits per heavy atom. The second kappa shape index (κ2) is 13.3. The lowest BCUT2D eigenvalue weighted by atomic mass is 10.0. The van der Waals surface area contributed by atoms with E-state index in [9.17, 15) is 5.11 Å². The molecule has 39 heavy (non-hydrogen) atoms. The Labute approximate surface area is 231 Å². The maximum Gasteiger partial charge on any atom is 0.167 e. The van der Waals surface area contributed by atoms with E-state index in [-0.39, 0.29) is 5.75 Å². The van der Waals surface area contributed by atoms with Crippen molar-refractivity contribution in [3.05, 3.63) is 78.4 Å². The van der Waals surface area contributed by atoms with Gasteiger partial charge in [0.15, 0.2) is 17.5 Å². The van der Waals surface area contributed by atoms with Crippen molar-refractivity contribution in [1.82, 2.24) is 19.9 Å². The predicted molar refractivity (Wildman–Crippen MR) is 157 cm³/mol. The van der Waals surface area contributed by atoms with Crippen LogP contribution in [0.5, 0.6) is 11.5 Å². The Balaban J connectivity index is 1.55. The summed E-state index contributed by atoms with van der Waals surface area (Å²) in [5.41, 5.74) is 3.21. The van der Waals surface area contributed by atoms with Crippen LogP contribution in [-0.2, 0) is 6.54 Å². The highest BCUT2D eigenvalue weighted by molar-refractivity contribution is 5.72. The largest absolute Gasteiger partial charge is 0.507 e. The molecular formula is C33H38N4O2. The SMILES string of the molecule is CCCCCCOc1ccc(-c2nc(-c3ccccc3)nc(-c3ccccc3)n2)c(O)c1CN1CCCCC1. The van der Waals surface area contributed by atoms with Gasteiger partial charge in [-0.1, -0.05) is 93.3 Å². The zero-order valence-electron chi connectivity index (χ0n) is 22.9. The van der Waals surface area contributed by atoms with Gasteiger partial charge < -0.3 is 9.84 Å². The van der Waals surface area contributed by atoms with Crippen molar-refractivity contribution in [2.75, 3.05) is 19.7 Å². The van der Waals surface area contributed by atoms with E-state index >= 15 is 0 Å². The normalized spacial score (nSPS) is 13.9. The summed E-state index contributed by atoms with van der Waals surface area (Å²) in [5.74, 6) is 2.55. The molecule has 0 radical (unpaired) electrons. The first-order valence-corrected chi connectivity index (χ1v) is 14.3. The molecule has 4 aromatic rings. The topological polar surface area (TPSA) is 71.4 Å². The van der Waals surface area contributed by atoms with Crippen LogP contribution in [0.3, 0.4) is 0 Å². The molecule has 1 aliphatic heterocycles. The molecule has 0 atom stereocenters. The van der Waals surface area contributed by atoms with Crippen molar-refractivity contribution in [2.24, 2.45) is 0 Å². The van der Waals surface area contributed by atoms with Crippen LogP contribution in [0.4, 0.5) is 0 Å². The van der Waals surface area contributed by atoms with Gasteiger partial charge in [0.05, 0.1) is 17.7 Å². The van der Waals surface area contributed by atoms with E-state index in [0.717, 1.165) is 48.4 Å². The standard InChI is InChI=1S/C33H38N4O2/c1-2-3-4-14-23-39-29-20-19-27(30(38)28(29)24-37-21-12-7-13-22-37)33-35-31(25-15-8-5-9-16-25)34-32(36-33)26-17-10-6-11-18-26/h5-6,8-11,15-20,38H,2-4,7,12-14,21-24H2,1H3. The quantitative estimate of drug-likeness (QED) is 0.205. The molecule has 1 fully saturated rings. The van der Waals surface area contributed by atoms with Gasteiger partial charge in [-0.05, 0) is 44.5 Å². The number of hydrogen-bond donors (Lipinski definition) is 1. The molecule has 0 bridgehead atoms. The summed E-state index contributed by atoms with van der Waals surface area (Å²) < 4.78 is 6.24. The molecule has 1 aromatic heterocycles. The molecule has 0 unspecified atom stereocenters. The molecule has 6 heteroatoms. The molecule has 0 amide bonds. The molecule has 0 aliphatic carbocycles. The molecule has 2 heterocycles. The van der Waals surface area contributed by atoms with Crippen LogP contribution in [0.25, 0.3) is 34.2 Å². The lowest BCUT2D eigenvalue weighted by Crippen LogP contribution is -2.29. The Morgan fingerprint density at radius 2 is 1.33 bits per heavy atom. The summed E-state index contributed by atoms with van der Waals surface area (Å²) in [7, 11) is 0. The van der Waals surface area contributed by atoms with Crippen LogP contribution in [0.15, 0.2) is 72.8 Å². The van der Waals surface area contributed by atoms with Crippen molar-refractivity contribution in [2.45, 2.75) is 58.4 Å². The zero-order chi connectivity index (χ0) is 26.9. The molecule has 0 saturated carbocycles. The number of phenols is 1. The molecule has 1 aliphatic rings. The average Bonchev–Trinajstić information content (AvgIpc) is 3.00. The fraction of sp³-hybridized carbons (Fsp3) is 0.364. The van der Waals surface area contributed by atoms with E-state index in [1.165, 1.54) is 32.1 Å². The minimum Gasteiger partial charge on any atom is -0.507 e. The number of phenolic OH excluding ortho intramolecular Hbond substituents is 1. The molecule has 3 aromatic carbocycles. The molecule has 1 saturated heterocycles. The summed E-state index contributed by atoms with van der Waals surface area (Å²) in [6.07, 6.45) is 8.19. The summed E-state index contributed by atoms with van der Waals surface area (Å²) in [6.45, 7) is 5.56. The first-order valence-electron chi connectivity index (χ1n) is 14.3. The van der Waals surface area contributed by atoms with Crippen LogP contribution in [0.1, 0.15) is 57.4 Å². The first kappa shape index (κ1) is 26.8. The zero-order valence-corrected chi connectivity index (χ0v) is 22.9. The van der Waals surface area contributed by atoms with Crippen molar-refractivity contribution in [3.8, 4) is 45.7 Å². The van der Waals surface area contributed by atoms with E-state index in [4.69, 9.17) is 19.7 Å². The summed E-state index contributed by atoms with van der Waals surface area (Å²) in [4.78, 5) is 16.9. The number of likely N-dealkylation sites (tertiary alicyclic amines) is 1. The van der Waals surface area contributed by atoms with Crippen molar-refractivity contribution in [3.63, 3.8) is 0 Å². The van der Waals surface area contributed by atoms with Gasteiger partial charge in [-0.15, -0.1) is 0 Å². The van der Waals surface area contributed by atoms with Gasteiger partial charge in [0.25, 0.3) is 0 Å². The van der Waals surface area contributed by atoms with Gasteiger partial charge in [0, 0.05) is 17.7 Å². The average molecular weight is 523 g/mol. The van der Waals surface area contributed by atoms with Crippen molar-refractivity contribution in [1.29, 1.82) is 0 Å². The van der Waals surface area contributed by atoms with Crippen molar-refractivity contribution < 1.29 is 9.84 Å². The smallest absolute Gasteiger partial charge is 0.167 e. The maximum atomic E-state index is 11.7. The van der Waals surface area contributed by atoms with Crippen LogP contribution in [-0.4, -0.2) is 44.7 Å². The van der Waals surface area contributed by atoms with E-state index in [1.807, 2.05) is 72.8 Å². The Kier molecular flexibility index (Phi) is 9.17.